The van der Waals surface area contributed by atoms with Gasteiger partial charge in [-0.2, -0.15) is 0 Å². The highest BCUT2D eigenvalue weighted by atomic mass is 16.6. The number of anilines is 1. The molecule has 1 aromatic rings. The molecule has 5 heteroatoms. The number of nitrogens with zero attached hydrogens (tertiary/aromatic N) is 1. The maximum atomic E-state index is 11.2. The SMILES string of the molecule is CCOc1ccc(NCC2CCC(C)CC2)c([N+](=O)[O-])c1. The van der Waals surface area contributed by atoms with Crippen molar-refractivity contribution in [3.63, 3.8) is 0 Å². The van der Waals surface area contributed by atoms with Gasteiger partial charge in [-0.05, 0) is 43.7 Å². The van der Waals surface area contributed by atoms with Crippen molar-refractivity contribution in [1.82, 2.24) is 0 Å². The molecule has 2 rings (SSSR count). The molecule has 0 aromatic heterocycles. The van der Waals surface area contributed by atoms with Crippen molar-refractivity contribution in [2.45, 2.75) is 39.5 Å². The number of ether oxygens (including phenoxy) is 1. The fourth-order valence-corrected chi connectivity index (χ4v) is 2.86. The summed E-state index contributed by atoms with van der Waals surface area (Å²) in [5, 5.41) is 14.4. The van der Waals surface area contributed by atoms with Gasteiger partial charge in [0, 0.05) is 6.54 Å². The van der Waals surface area contributed by atoms with Crippen LogP contribution in [-0.2, 0) is 0 Å². The molecule has 0 bridgehead atoms. The highest BCUT2D eigenvalue weighted by Gasteiger charge is 2.20. The van der Waals surface area contributed by atoms with Gasteiger partial charge in [0.1, 0.15) is 11.4 Å². The monoisotopic (exact) mass is 292 g/mol. The van der Waals surface area contributed by atoms with E-state index < -0.39 is 0 Å². The first-order valence-electron chi connectivity index (χ1n) is 7.75. The van der Waals surface area contributed by atoms with Gasteiger partial charge in [-0.15, -0.1) is 0 Å². The van der Waals surface area contributed by atoms with E-state index in [0.29, 0.717) is 24.0 Å². The average molecular weight is 292 g/mol. The van der Waals surface area contributed by atoms with E-state index in [-0.39, 0.29) is 10.6 Å². The zero-order valence-corrected chi connectivity index (χ0v) is 12.8. The molecule has 0 amide bonds. The number of nitro benzene ring substituents is 1. The zero-order chi connectivity index (χ0) is 15.2. The third kappa shape index (κ3) is 4.34. The van der Waals surface area contributed by atoms with E-state index in [2.05, 4.69) is 12.2 Å². The Labute approximate surface area is 125 Å². The minimum Gasteiger partial charge on any atom is -0.494 e. The smallest absolute Gasteiger partial charge is 0.296 e. The van der Waals surface area contributed by atoms with E-state index in [9.17, 15) is 10.1 Å². The molecule has 5 nitrogen and oxygen atoms in total. The summed E-state index contributed by atoms with van der Waals surface area (Å²) >= 11 is 0. The van der Waals surface area contributed by atoms with Crippen molar-refractivity contribution in [2.24, 2.45) is 11.8 Å². The fraction of sp³-hybridized carbons (Fsp3) is 0.625. The van der Waals surface area contributed by atoms with Crippen molar-refractivity contribution < 1.29 is 9.66 Å². The molecule has 0 radical (unpaired) electrons. The second-order valence-electron chi connectivity index (χ2n) is 5.88. The van der Waals surface area contributed by atoms with Gasteiger partial charge >= 0.3 is 0 Å². The predicted molar refractivity (Wildman–Crippen MR) is 83.9 cm³/mol. The second kappa shape index (κ2) is 7.29. The van der Waals surface area contributed by atoms with Gasteiger partial charge in [-0.3, -0.25) is 10.1 Å². The van der Waals surface area contributed by atoms with E-state index in [1.165, 1.54) is 31.7 Å². The lowest BCUT2D eigenvalue weighted by Gasteiger charge is -2.26. The first-order valence-corrected chi connectivity index (χ1v) is 7.75. The average Bonchev–Trinajstić information content (AvgIpc) is 2.47. The summed E-state index contributed by atoms with van der Waals surface area (Å²) in [7, 11) is 0. The summed E-state index contributed by atoms with van der Waals surface area (Å²) in [4.78, 5) is 10.8. The number of nitrogens with one attached hydrogen (secondary N) is 1. The van der Waals surface area contributed by atoms with Crippen LogP contribution in [0.3, 0.4) is 0 Å². The Morgan fingerprint density at radius 3 is 2.67 bits per heavy atom. The molecule has 1 aliphatic carbocycles. The quantitative estimate of drug-likeness (QED) is 0.629. The predicted octanol–water partition coefficient (Wildman–Crippen LogP) is 4.23. The molecule has 0 spiro atoms. The van der Waals surface area contributed by atoms with Crippen LogP contribution in [0, 0.1) is 22.0 Å². The van der Waals surface area contributed by atoms with Gasteiger partial charge in [0.2, 0.25) is 0 Å². The van der Waals surface area contributed by atoms with Gasteiger partial charge in [-0.25, -0.2) is 0 Å². The van der Waals surface area contributed by atoms with Crippen LogP contribution >= 0.6 is 0 Å². The summed E-state index contributed by atoms with van der Waals surface area (Å²) in [6, 6.07) is 5.02. The van der Waals surface area contributed by atoms with Crippen LogP contribution in [0.2, 0.25) is 0 Å². The van der Waals surface area contributed by atoms with Gasteiger partial charge in [0.05, 0.1) is 17.6 Å². The van der Waals surface area contributed by atoms with Crippen molar-refractivity contribution in [1.29, 1.82) is 0 Å². The molecule has 1 aromatic carbocycles. The maximum absolute atomic E-state index is 11.2. The lowest BCUT2D eigenvalue weighted by molar-refractivity contribution is -0.384. The topological polar surface area (TPSA) is 64.4 Å². The van der Waals surface area contributed by atoms with E-state index in [1.54, 1.807) is 12.1 Å². The fourth-order valence-electron chi connectivity index (χ4n) is 2.86. The van der Waals surface area contributed by atoms with Gasteiger partial charge < -0.3 is 10.1 Å². The maximum Gasteiger partial charge on any atom is 0.296 e. The minimum absolute atomic E-state index is 0.0881. The van der Waals surface area contributed by atoms with E-state index in [0.717, 1.165) is 12.5 Å². The second-order valence-corrected chi connectivity index (χ2v) is 5.88. The van der Waals surface area contributed by atoms with E-state index >= 15 is 0 Å². The molecule has 1 saturated carbocycles. The lowest BCUT2D eigenvalue weighted by atomic mass is 9.83. The summed E-state index contributed by atoms with van der Waals surface area (Å²) in [6.45, 7) is 5.47. The third-order valence-corrected chi connectivity index (χ3v) is 4.19. The molecular weight excluding hydrogens is 268 g/mol. The largest absolute Gasteiger partial charge is 0.494 e. The van der Waals surface area contributed by atoms with Crippen LogP contribution in [0.1, 0.15) is 39.5 Å². The van der Waals surface area contributed by atoms with Crippen LogP contribution in [0.5, 0.6) is 5.75 Å². The Balaban J connectivity index is 2.00. The highest BCUT2D eigenvalue weighted by Crippen LogP contribution is 2.32. The Kier molecular flexibility index (Phi) is 5.42. The minimum atomic E-state index is -0.353. The highest BCUT2D eigenvalue weighted by molar-refractivity contribution is 5.63. The van der Waals surface area contributed by atoms with Crippen LogP contribution in [0.4, 0.5) is 11.4 Å². The molecular formula is C16H24N2O3. The van der Waals surface area contributed by atoms with Crippen LogP contribution in [-0.4, -0.2) is 18.1 Å². The van der Waals surface area contributed by atoms with Crippen LogP contribution in [0.25, 0.3) is 0 Å². The molecule has 1 fully saturated rings. The molecule has 1 aliphatic rings. The molecule has 21 heavy (non-hydrogen) atoms. The lowest BCUT2D eigenvalue weighted by Crippen LogP contribution is -2.20. The Bertz CT molecular complexity index is 482. The number of rotatable bonds is 6. The summed E-state index contributed by atoms with van der Waals surface area (Å²) < 4.78 is 5.33. The molecule has 0 unspecified atom stereocenters. The normalized spacial score (nSPS) is 21.8. The molecule has 116 valence electrons. The first-order chi connectivity index (χ1) is 10.1. The van der Waals surface area contributed by atoms with E-state index in [4.69, 9.17) is 4.74 Å². The molecule has 0 heterocycles. The number of nitro groups is 1. The van der Waals surface area contributed by atoms with Gasteiger partial charge in [0.25, 0.3) is 5.69 Å². The van der Waals surface area contributed by atoms with Gasteiger partial charge in [-0.1, -0.05) is 19.8 Å². The van der Waals surface area contributed by atoms with E-state index in [1.807, 2.05) is 6.92 Å². The van der Waals surface area contributed by atoms with Crippen LogP contribution < -0.4 is 10.1 Å². The van der Waals surface area contributed by atoms with Crippen molar-refractivity contribution in [3.05, 3.63) is 28.3 Å². The standard InChI is InChI=1S/C16H24N2O3/c1-3-21-14-8-9-15(16(10-14)18(19)20)17-11-13-6-4-12(2)5-7-13/h8-10,12-13,17H,3-7,11H2,1-2H3. The van der Waals surface area contributed by atoms with Crippen molar-refractivity contribution >= 4 is 11.4 Å². The summed E-state index contributed by atoms with van der Waals surface area (Å²) in [5.74, 6) is 1.98. The third-order valence-electron chi connectivity index (χ3n) is 4.19. The molecule has 0 saturated heterocycles. The Hall–Kier alpha value is -1.78. The molecule has 1 N–H and O–H groups in total. The zero-order valence-electron chi connectivity index (χ0n) is 12.8. The summed E-state index contributed by atoms with van der Waals surface area (Å²) in [6.07, 6.45) is 4.94. The van der Waals surface area contributed by atoms with Crippen molar-refractivity contribution in [3.8, 4) is 5.75 Å². The summed E-state index contributed by atoms with van der Waals surface area (Å²) in [5.41, 5.74) is 0.673. The van der Waals surface area contributed by atoms with Crippen LogP contribution in [0.15, 0.2) is 18.2 Å². The number of hydrogen-bond acceptors (Lipinski definition) is 4. The van der Waals surface area contributed by atoms with Gasteiger partial charge in [0.15, 0.2) is 0 Å². The number of hydrogen-bond donors (Lipinski definition) is 1. The Morgan fingerprint density at radius 1 is 1.33 bits per heavy atom. The van der Waals surface area contributed by atoms with Crippen molar-refractivity contribution in [2.75, 3.05) is 18.5 Å². The molecule has 0 aliphatic heterocycles. The molecule has 0 atom stereocenters. The number of benzene rings is 1. The Morgan fingerprint density at radius 2 is 2.05 bits per heavy atom. The first kappa shape index (κ1) is 15.6.